The van der Waals surface area contributed by atoms with Crippen molar-refractivity contribution in [1.82, 2.24) is 0 Å². The van der Waals surface area contributed by atoms with Crippen molar-refractivity contribution in [3.05, 3.63) is 24.3 Å². The lowest BCUT2D eigenvalue weighted by atomic mass is 9.91. The lowest BCUT2D eigenvalue weighted by molar-refractivity contribution is -0.292. The Balaban J connectivity index is 1.31. The van der Waals surface area contributed by atoms with Crippen LogP contribution in [-0.4, -0.2) is 34.5 Å². The molecule has 1 aliphatic carbocycles. The quantitative estimate of drug-likeness (QED) is 0.385. The molecule has 0 bridgehead atoms. The summed E-state index contributed by atoms with van der Waals surface area (Å²) in [5, 5.41) is 10.5. The fourth-order valence-electron chi connectivity index (χ4n) is 5.21. The van der Waals surface area contributed by atoms with E-state index in [-0.39, 0.29) is 18.0 Å². The number of ether oxygens (including phenoxy) is 2. The highest BCUT2D eigenvalue weighted by Gasteiger charge is 2.52. The van der Waals surface area contributed by atoms with Crippen molar-refractivity contribution in [1.29, 1.82) is 0 Å². The fraction of sp³-hybridized carbons (Fsp3) is 0.808. The summed E-state index contributed by atoms with van der Waals surface area (Å²) in [4.78, 5) is 11.5. The van der Waals surface area contributed by atoms with Crippen LogP contribution in [0.5, 0.6) is 0 Å². The van der Waals surface area contributed by atoms with E-state index in [4.69, 9.17) is 9.47 Å². The molecule has 4 heteroatoms. The predicted octanol–water partition coefficient (Wildman–Crippen LogP) is 6.17. The van der Waals surface area contributed by atoms with Crippen LogP contribution in [0.2, 0.25) is 0 Å². The summed E-state index contributed by atoms with van der Waals surface area (Å²) in [5.74, 6) is -0.695. The summed E-state index contributed by atoms with van der Waals surface area (Å²) in [7, 11) is 0. The van der Waals surface area contributed by atoms with Crippen LogP contribution in [0.25, 0.3) is 0 Å². The van der Waals surface area contributed by atoms with E-state index >= 15 is 0 Å². The Morgan fingerprint density at radius 2 is 1.53 bits per heavy atom. The number of allylic oxidation sites excluding steroid dienone is 2. The number of unbranched alkanes of at least 4 members (excludes halogenated alkanes) is 10. The highest BCUT2D eigenvalue weighted by atomic mass is 16.7. The Bertz CT molecular complexity index is 580. The minimum atomic E-state index is -0.699. The lowest BCUT2D eigenvalue weighted by Crippen LogP contribution is -2.47. The molecule has 3 rings (SSSR count). The van der Waals surface area contributed by atoms with Gasteiger partial charge in [-0.25, -0.2) is 0 Å². The molecule has 2 aliphatic heterocycles. The van der Waals surface area contributed by atoms with Crippen molar-refractivity contribution >= 4 is 5.78 Å². The molecule has 0 amide bonds. The van der Waals surface area contributed by atoms with E-state index in [0.29, 0.717) is 12.8 Å². The second-order valence-electron chi connectivity index (χ2n) is 9.69. The van der Waals surface area contributed by atoms with E-state index in [0.717, 1.165) is 25.7 Å². The van der Waals surface area contributed by atoms with Crippen molar-refractivity contribution < 1.29 is 19.4 Å². The fourth-order valence-corrected chi connectivity index (χ4v) is 5.21. The van der Waals surface area contributed by atoms with Crippen molar-refractivity contribution in [2.75, 3.05) is 0 Å². The van der Waals surface area contributed by atoms with E-state index in [1.807, 2.05) is 12.2 Å². The Labute approximate surface area is 183 Å². The molecule has 2 fully saturated rings. The number of carbonyl (C=O) groups excluding carboxylic acids is 1. The maximum Gasteiger partial charge on any atom is 0.178 e. The SMILES string of the molecule is CCCCCCCCCCCCC[C@H]1C[C@H](O)C[C@@]2(CCC3(C=CC(=O)C=C3)O2)O1. The molecule has 3 atom stereocenters. The maximum absolute atomic E-state index is 11.5. The van der Waals surface area contributed by atoms with Crippen molar-refractivity contribution in [3.63, 3.8) is 0 Å². The Morgan fingerprint density at radius 1 is 0.933 bits per heavy atom. The summed E-state index contributed by atoms with van der Waals surface area (Å²) in [5.41, 5.74) is -0.536. The van der Waals surface area contributed by atoms with E-state index in [2.05, 4.69) is 6.92 Å². The highest BCUT2D eigenvalue weighted by molar-refractivity contribution is 6.00. The molecule has 0 aromatic rings. The van der Waals surface area contributed by atoms with Gasteiger partial charge in [-0.2, -0.15) is 0 Å². The van der Waals surface area contributed by atoms with Gasteiger partial charge < -0.3 is 14.6 Å². The molecular formula is C26H42O4. The molecule has 0 radical (unpaired) electrons. The number of aliphatic hydroxyl groups excluding tert-OH is 1. The Hall–Kier alpha value is -0.970. The molecule has 2 heterocycles. The van der Waals surface area contributed by atoms with Gasteiger partial charge in [-0.1, -0.05) is 77.6 Å². The van der Waals surface area contributed by atoms with Crippen LogP contribution in [0.1, 0.15) is 110 Å². The Kier molecular flexibility index (Phi) is 9.15. The zero-order chi connectivity index (χ0) is 21.3. The van der Waals surface area contributed by atoms with Crippen LogP contribution in [0, 0.1) is 0 Å². The van der Waals surface area contributed by atoms with Crippen LogP contribution in [0.4, 0.5) is 0 Å². The molecule has 0 aromatic heterocycles. The summed E-state index contributed by atoms with van der Waals surface area (Å²) >= 11 is 0. The van der Waals surface area contributed by atoms with Crippen molar-refractivity contribution in [2.45, 2.75) is 133 Å². The van der Waals surface area contributed by atoms with E-state index in [9.17, 15) is 9.90 Å². The molecule has 0 unspecified atom stereocenters. The minimum absolute atomic E-state index is 0.00384. The first-order chi connectivity index (χ1) is 14.5. The summed E-state index contributed by atoms with van der Waals surface area (Å²) in [6, 6.07) is 0. The second-order valence-corrected chi connectivity index (χ2v) is 9.69. The zero-order valence-electron chi connectivity index (χ0n) is 18.9. The molecule has 3 aliphatic rings. The molecule has 170 valence electrons. The van der Waals surface area contributed by atoms with Crippen LogP contribution in [0.15, 0.2) is 24.3 Å². The topological polar surface area (TPSA) is 55.8 Å². The molecule has 4 nitrogen and oxygen atoms in total. The first kappa shape index (κ1) is 23.7. The summed E-state index contributed by atoms with van der Waals surface area (Å²) in [6.07, 6.45) is 25.1. The molecule has 0 saturated carbocycles. The molecular weight excluding hydrogens is 376 g/mol. The van der Waals surface area contributed by atoms with Gasteiger partial charge in [0.1, 0.15) is 5.60 Å². The maximum atomic E-state index is 11.5. The van der Waals surface area contributed by atoms with Gasteiger partial charge in [0.25, 0.3) is 0 Å². The van der Waals surface area contributed by atoms with Gasteiger partial charge in [0.05, 0.1) is 12.2 Å². The first-order valence-corrected chi connectivity index (χ1v) is 12.5. The van der Waals surface area contributed by atoms with Crippen LogP contribution in [-0.2, 0) is 14.3 Å². The molecule has 30 heavy (non-hydrogen) atoms. The minimum Gasteiger partial charge on any atom is -0.393 e. The smallest absolute Gasteiger partial charge is 0.178 e. The number of hydrogen-bond donors (Lipinski definition) is 1. The number of hydrogen-bond acceptors (Lipinski definition) is 4. The third kappa shape index (κ3) is 7.03. The number of ketones is 1. The van der Waals surface area contributed by atoms with Gasteiger partial charge in [0.15, 0.2) is 11.6 Å². The largest absolute Gasteiger partial charge is 0.393 e. The number of aliphatic hydroxyl groups is 1. The highest BCUT2D eigenvalue weighted by Crippen LogP contribution is 2.47. The van der Waals surface area contributed by atoms with Gasteiger partial charge in [0, 0.05) is 12.8 Å². The van der Waals surface area contributed by atoms with Gasteiger partial charge in [-0.15, -0.1) is 0 Å². The number of carbonyl (C=O) groups is 1. The molecule has 1 N–H and O–H groups in total. The second kappa shape index (κ2) is 11.6. The van der Waals surface area contributed by atoms with Crippen LogP contribution < -0.4 is 0 Å². The average Bonchev–Trinajstić information content (AvgIpc) is 3.05. The van der Waals surface area contributed by atoms with Gasteiger partial charge in [-0.05, 0) is 43.6 Å². The number of rotatable bonds is 12. The average molecular weight is 419 g/mol. The first-order valence-electron chi connectivity index (χ1n) is 12.5. The normalized spacial score (nSPS) is 30.0. The van der Waals surface area contributed by atoms with E-state index in [1.165, 1.54) is 64.2 Å². The monoisotopic (exact) mass is 418 g/mol. The van der Waals surface area contributed by atoms with Gasteiger partial charge in [0.2, 0.25) is 0 Å². The lowest BCUT2D eigenvalue weighted by Gasteiger charge is -2.42. The van der Waals surface area contributed by atoms with Crippen LogP contribution >= 0.6 is 0 Å². The standard InChI is InChI=1S/C26H42O4/c1-2-3-4-5-6-7-8-9-10-11-12-13-24-20-23(28)21-26(29-24)19-18-25(30-26)16-14-22(27)15-17-25/h14-17,23-24,28H,2-13,18-21H2,1H3/t23-,24-,26-/m0/s1. The van der Waals surface area contributed by atoms with Crippen molar-refractivity contribution in [2.24, 2.45) is 0 Å². The third-order valence-electron chi connectivity index (χ3n) is 6.92. The van der Waals surface area contributed by atoms with Crippen LogP contribution in [0.3, 0.4) is 0 Å². The van der Waals surface area contributed by atoms with E-state index < -0.39 is 11.4 Å². The van der Waals surface area contributed by atoms with Gasteiger partial charge in [-0.3, -0.25) is 4.79 Å². The molecule has 2 spiro atoms. The summed E-state index contributed by atoms with van der Waals surface area (Å²) < 4.78 is 12.8. The molecule has 2 saturated heterocycles. The summed E-state index contributed by atoms with van der Waals surface area (Å²) in [6.45, 7) is 2.27. The van der Waals surface area contributed by atoms with Gasteiger partial charge >= 0.3 is 0 Å². The third-order valence-corrected chi connectivity index (χ3v) is 6.92. The predicted molar refractivity (Wildman–Crippen MR) is 120 cm³/mol. The molecule has 0 aromatic carbocycles. The van der Waals surface area contributed by atoms with E-state index in [1.54, 1.807) is 12.2 Å². The van der Waals surface area contributed by atoms with Crippen molar-refractivity contribution in [3.8, 4) is 0 Å². The Morgan fingerprint density at radius 3 is 2.17 bits per heavy atom. The zero-order valence-corrected chi connectivity index (χ0v) is 18.9.